The van der Waals surface area contributed by atoms with Crippen LogP contribution in [0.4, 0.5) is 4.79 Å². The standard InChI is InChI=1S/C37H54N2O5/c1-25-20-32(2,3)11-13-37(25,24-44-31(42)39-15-17-43-18-16-39)14-12-34(6)22-27(40)19-29-35(7)21-26(23-38)30(41)33(4,5)28(35)9-10-36(29,34)8/h19,21,25,28H,9-18,20,22,24H2,1-8H3/t25?,28-,34+,35-,36+,37+/m0/s1. The number of hydrogen-bond acceptors (Lipinski definition) is 6. The van der Waals surface area contributed by atoms with Gasteiger partial charge >= 0.3 is 6.09 Å². The lowest BCUT2D eigenvalue weighted by Gasteiger charge is -2.63. The van der Waals surface area contributed by atoms with Crippen molar-refractivity contribution in [2.75, 3.05) is 32.9 Å². The molecule has 0 spiro atoms. The van der Waals surface area contributed by atoms with E-state index in [1.165, 1.54) is 0 Å². The van der Waals surface area contributed by atoms with Crippen LogP contribution in [-0.2, 0) is 19.1 Å². The molecule has 0 aromatic rings. The molecule has 1 saturated heterocycles. The number of rotatable bonds is 5. The van der Waals surface area contributed by atoms with E-state index < -0.39 is 10.8 Å². The summed E-state index contributed by atoms with van der Waals surface area (Å²) >= 11 is 0. The number of ether oxygens (including phenoxy) is 2. The highest BCUT2D eigenvalue weighted by atomic mass is 16.6. The second kappa shape index (κ2) is 11.1. The summed E-state index contributed by atoms with van der Waals surface area (Å²) in [5.74, 6) is 0.447. The molecule has 2 saturated carbocycles. The smallest absolute Gasteiger partial charge is 0.409 e. The summed E-state index contributed by atoms with van der Waals surface area (Å²) in [6.45, 7) is 20.3. The Kier molecular flexibility index (Phi) is 8.31. The van der Waals surface area contributed by atoms with Gasteiger partial charge in [-0.15, -0.1) is 0 Å². The molecular formula is C37H54N2O5. The zero-order chi connectivity index (χ0) is 32.3. The lowest BCUT2D eigenvalue weighted by atomic mass is 9.40. The molecule has 0 radical (unpaired) electrons. The lowest BCUT2D eigenvalue weighted by Crippen LogP contribution is -2.58. The lowest BCUT2D eigenvalue weighted by molar-refractivity contribution is -0.133. The summed E-state index contributed by atoms with van der Waals surface area (Å²) in [4.78, 5) is 41.8. The van der Waals surface area contributed by atoms with Crippen LogP contribution in [0.15, 0.2) is 23.3 Å². The number of carbonyl (C=O) groups is 3. The van der Waals surface area contributed by atoms with Crippen molar-refractivity contribution in [3.63, 3.8) is 0 Å². The number of nitrogens with zero attached hydrogens (tertiary/aromatic N) is 2. The molecule has 0 aromatic carbocycles. The maximum atomic E-state index is 13.6. The van der Waals surface area contributed by atoms with Crippen molar-refractivity contribution >= 4 is 17.7 Å². The molecule has 0 aromatic heterocycles. The van der Waals surface area contributed by atoms with Crippen LogP contribution in [0.2, 0.25) is 0 Å². The van der Waals surface area contributed by atoms with Gasteiger partial charge in [-0.25, -0.2) is 4.79 Å². The highest BCUT2D eigenvalue weighted by Crippen LogP contribution is 2.69. The minimum atomic E-state index is -0.674. The Morgan fingerprint density at radius 3 is 2.36 bits per heavy atom. The van der Waals surface area contributed by atoms with Crippen molar-refractivity contribution < 1.29 is 23.9 Å². The highest BCUT2D eigenvalue weighted by molar-refractivity contribution is 6.04. The number of nitriles is 1. The fourth-order valence-corrected chi connectivity index (χ4v) is 10.2. The maximum absolute atomic E-state index is 13.6. The van der Waals surface area contributed by atoms with Crippen LogP contribution in [0, 0.1) is 55.7 Å². The first-order valence-corrected chi connectivity index (χ1v) is 16.9. The Labute approximate surface area is 264 Å². The van der Waals surface area contributed by atoms with Gasteiger partial charge in [-0.1, -0.05) is 67.0 Å². The Balaban J connectivity index is 1.45. The number of fused-ring (bicyclic) bond motifs is 3. The van der Waals surface area contributed by atoms with E-state index in [1.54, 1.807) is 4.90 Å². The molecule has 0 N–H and O–H groups in total. The van der Waals surface area contributed by atoms with Crippen molar-refractivity contribution in [1.29, 1.82) is 5.26 Å². The van der Waals surface area contributed by atoms with Gasteiger partial charge in [0.05, 0.1) is 25.4 Å². The third-order valence-electron chi connectivity index (χ3n) is 13.4. The zero-order valence-corrected chi connectivity index (χ0v) is 28.4. The molecule has 44 heavy (non-hydrogen) atoms. The molecule has 7 heteroatoms. The number of ketones is 2. The summed E-state index contributed by atoms with van der Waals surface area (Å²) in [6, 6.07) is 2.19. The fraction of sp³-hybridized carbons (Fsp3) is 0.784. The second-order valence-electron chi connectivity index (χ2n) is 17.0. The summed E-state index contributed by atoms with van der Waals surface area (Å²) in [7, 11) is 0. The van der Waals surface area contributed by atoms with Crippen LogP contribution in [0.1, 0.15) is 107 Å². The third-order valence-corrected chi connectivity index (χ3v) is 13.4. The van der Waals surface area contributed by atoms with Crippen LogP contribution in [0.25, 0.3) is 0 Å². The number of morpholine rings is 1. The van der Waals surface area contributed by atoms with Crippen LogP contribution < -0.4 is 0 Å². The van der Waals surface area contributed by atoms with E-state index in [9.17, 15) is 19.6 Å². The van der Waals surface area contributed by atoms with Crippen molar-refractivity contribution in [2.24, 2.45) is 44.3 Å². The summed E-state index contributed by atoms with van der Waals surface area (Å²) in [5, 5.41) is 9.93. The molecule has 7 nitrogen and oxygen atoms in total. The third kappa shape index (κ3) is 5.27. The molecular weight excluding hydrogens is 552 g/mol. The van der Waals surface area contributed by atoms with Gasteiger partial charge in [-0.05, 0) is 79.1 Å². The van der Waals surface area contributed by atoms with Crippen LogP contribution in [0.5, 0.6) is 0 Å². The second-order valence-corrected chi connectivity index (χ2v) is 17.0. The van der Waals surface area contributed by atoms with Gasteiger partial charge in [-0.2, -0.15) is 5.26 Å². The monoisotopic (exact) mass is 606 g/mol. The summed E-state index contributed by atoms with van der Waals surface area (Å²) in [6.07, 6.45) is 10.6. The van der Waals surface area contributed by atoms with Crippen LogP contribution >= 0.6 is 0 Å². The normalized spacial score (nSPS) is 39.8. The van der Waals surface area contributed by atoms with Gasteiger partial charge in [-0.3, -0.25) is 9.59 Å². The van der Waals surface area contributed by atoms with Crippen molar-refractivity contribution in [2.45, 2.75) is 107 Å². The molecule has 3 fully saturated rings. The van der Waals surface area contributed by atoms with Crippen LogP contribution in [0.3, 0.4) is 0 Å². The molecule has 1 unspecified atom stereocenters. The number of allylic oxidation sites excluding steroid dienone is 4. The van der Waals surface area contributed by atoms with E-state index in [0.717, 1.165) is 50.5 Å². The number of amides is 1. The number of Topliss-reactive ketones (excluding diaryl/α,β-unsaturated/α-hetero) is 1. The zero-order valence-electron chi connectivity index (χ0n) is 28.4. The van der Waals surface area contributed by atoms with Gasteiger partial charge < -0.3 is 14.4 Å². The molecule has 6 atom stereocenters. The fourth-order valence-electron chi connectivity index (χ4n) is 10.2. The molecule has 1 heterocycles. The molecule has 5 aliphatic rings. The Hall–Kier alpha value is -2.46. The van der Waals surface area contributed by atoms with E-state index >= 15 is 0 Å². The largest absolute Gasteiger partial charge is 0.449 e. The minimum Gasteiger partial charge on any atom is -0.449 e. The Morgan fingerprint density at radius 1 is 1.05 bits per heavy atom. The maximum Gasteiger partial charge on any atom is 0.409 e. The van der Waals surface area contributed by atoms with Gasteiger partial charge in [0.15, 0.2) is 11.6 Å². The first-order chi connectivity index (χ1) is 20.4. The van der Waals surface area contributed by atoms with Crippen molar-refractivity contribution in [1.82, 2.24) is 4.90 Å². The first kappa shape index (κ1) is 32.9. The van der Waals surface area contributed by atoms with Crippen molar-refractivity contribution in [3.8, 4) is 6.07 Å². The topological polar surface area (TPSA) is 96.7 Å². The van der Waals surface area contributed by atoms with Crippen LogP contribution in [-0.4, -0.2) is 55.5 Å². The molecule has 1 amide bonds. The predicted molar refractivity (Wildman–Crippen MR) is 169 cm³/mol. The van der Waals surface area contributed by atoms with Gasteiger partial charge in [0.2, 0.25) is 0 Å². The van der Waals surface area contributed by atoms with E-state index in [0.29, 0.717) is 45.2 Å². The SMILES string of the molecule is CC1CC(C)(C)CC[C@@]1(CC[C@]1(C)CC(=O)C=C2[C@@]3(C)C=C(C#N)C(=O)C(C)(C)[C@@H]3CC[C@]21C)COC(=O)N1CCOCC1. The average molecular weight is 607 g/mol. The molecule has 5 rings (SSSR count). The Morgan fingerprint density at radius 2 is 1.73 bits per heavy atom. The quantitative estimate of drug-likeness (QED) is 0.322. The number of carbonyl (C=O) groups excluding carboxylic acids is 3. The first-order valence-electron chi connectivity index (χ1n) is 16.9. The van der Waals surface area contributed by atoms with E-state index in [1.807, 2.05) is 26.0 Å². The predicted octanol–water partition coefficient (Wildman–Crippen LogP) is 7.45. The molecule has 242 valence electrons. The highest BCUT2D eigenvalue weighted by Gasteiger charge is 2.63. The minimum absolute atomic E-state index is 0.0283. The van der Waals surface area contributed by atoms with E-state index in [4.69, 9.17) is 9.47 Å². The summed E-state index contributed by atoms with van der Waals surface area (Å²) < 4.78 is 11.5. The molecule has 0 bridgehead atoms. The number of hydrogen-bond donors (Lipinski definition) is 0. The van der Waals surface area contributed by atoms with Gasteiger partial charge in [0, 0.05) is 35.8 Å². The Bertz CT molecular complexity index is 1320. The molecule has 4 aliphatic carbocycles. The average Bonchev–Trinajstić information content (AvgIpc) is 2.96. The van der Waals surface area contributed by atoms with E-state index in [-0.39, 0.29) is 50.8 Å². The van der Waals surface area contributed by atoms with E-state index in [2.05, 4.69) is 47.6 Å². The van der Waals surface area contributed by atoms with Crippen molar-refractivity contribution in [3.05, 3.63) is 23.3 Å². The molecule has 1 aliphatic heterocycles. The summed E-state index contributed by atoms with van der Waals surface area (Å²) in [5.41, 5.74) is -0.378. The van der Waals surface area contributed by atoms with Gasteiger partial charge in [0.25, 0.3) is 0 Å². The van der Waals surface area contributed by atoms with Gasteiger partial charge in [0.1, 0.15) is 6.07 Å².